The summed E-state index contributed by atoms with van der Waals surface area (Å²) in [5.41, 5.74) is 0. The summed E-state index contributed by atoms with van der Waals surface area (Å²) in [7, 11) is 0. The van der Waals surface area contributed by atoms with Crippen molar-refractivity contribution < 1.29 is 4.74 Å². The van der Waals surface area contributed by atoms with Crippen molar-refractivity contribution in [3.63, 3.8) is 0 Å². The third kappa shape index (κ3) is 3.78. The molecule has 1 nitrogen and oxygen atoms in total. The molecule has 0 amide bonds. The molecule has 1 aliphatic heterocycles. The first-order chi connectivity index (χ1) is 5.36. The first-order valence-corrected chi connectivity index (χ1v) is 4.68. The average Bonchev–Trinajstić information content (AvgIpc) is 2.81. The Kier molecular flexibility index (Phi) is 3.95. The number of halogens is 1. The van der Waals surface area contributed by atoms with Gasteiger partial charge in [-0.25, -0.2) is 0 Å². The van der Waals surface area contributed by atoms with Gasteiger partial charge in [-0.1, -0.05) is 6.08 Å². The molecule has 1 saturated heterocycles. The standard InChI is InChI=1S/C9H15ClO/c1-2-3-8(6-10)4-5-9-7-11-9/h2,8-9H,1,3-7H2. The molecule has 1 aliphatic rings. The molecule has 1 heterocycles. The van der Waals surface area contributed by atoms with Crippen LogP contribution in [0.2, 0.25) is 0 Å². The van der Waals surface area contributed by atoms with E-state index in [1.807, 2.05) is 6.08 Å². The molecule has 2 unspecified atom stereocenters. The zero-order valence-electron chi connectivity index (χ0n) is 6.76. The number of epoxide rings is 1. The zero-order valence-corrected chi connectivity index (χ0v) is 7.52. The highest BCUT2D eigenvalue weighted by Gasteiger charge is 2.22. The summed E-state index contributed by atoms with van der Waals surface area (Å²) >= 11 is 5.76. The molecule has 0 radical (unpaired) electrons. The molecule has 1 fully saturated rings. The minimum atomic E-state index is 0.547. The maximum Gasteiger partial charge on any atom is 0.0810 e. The van der Waals surface area contributed by atoms with Crippen molar-refractivity contribution in [1.29, 1.82) is 0 Å². The Morgan fingerprint density at radius 2 is 2.45 bits per heavy atom. The smallest absolute Gasteiger partial charge is 0.0810 e. The maximum atomic E-state index is 5.76. The van der Waals surface area contributed by atoms with Crippen LogP contribution in [0.15, 0.2) is 12.7 Å². The predicted molar refractivity (Wildman–Crippen MR) is 48.0 cm³/mol. The molecule has 0 aromatic heterocycles. The van der Waals surface area contributed by atoms with Crippen LogP contribution in [0.25, 0.3) is 0 Å². The molecular formula is C9H15ClO. The Morgan fingerprint density at radius 3 is 2.91 bits per heavy atom. The molecule has 1 rings (SSSR count). The van der Waals surface area contributed by atoms with E-state index < -0.39 is 0 Å². The molecule has 2 atom stereocenters. The van der Waals surface area contributed by atoms with Gasteiger partial charge in [0, 0.05) is 5.88 Å². The summed E-state index contributed by atoms with van der Waals surface area (Å²) in [6.45, 7) is 4.66. The molecule has 0 aromatic carbocycles. The molecule has 64 valence electrons. The largest absolute Gasteiger partial charge is 0.373 e. The summed E-state index contributed by atoms with van der Waals surface area (Å²) in [5.74, 6) is 1.36. The van der Waals surface area contributed by atoms with Gasteiger partial charge in [0.15, 0.2) is 0 Å². The lowest BCUT2D eigenvalue weighted by molar-refractivity contribution is 0.374. The van der Waals surface area contributed by atoms with Gasteiger partial charge in [0.05, 0.1) is 12.7 Å². The normalized spacial score (nSPS) is 24.6. The van der Waals surface area contributed by atoms with E-state index in [0.717, 1.165) is 18.9 Å². The van der Waals surface area contributed by atoms with Gasteiger partial charge in [0.1, 0.15) is 0 Å². The van der Waals surface area contributed by atoms with E-state index in [9.17, 15) is 0 Å². The summed E-state index contributed by atoms with van der Waals surface area (Å²) in [6, 6.07) is 0. The second kappa shape index (κ2) is 4.78. The highest BCUT2D eigenvalue weighted by atomic mass is 35.5. The maximum absolute atomic E-state index is 5.76. The molecule has 0 saturated carbocycles. The van der Waals surface area contributed by atoms with Crippen molar-refractivity contribution in [2.45, 2.75) is 25.4 Å². The van der Waals surface area contributed by atoms with Gasteiger partial charge in [0.2, 0.25) is 0 Å². The molecule has 0 aromatic rings. The van der Waals surface area contributed by atoms with Crippen molar-refractivity contribution in [3.05, 3.63) is 12.7 Å². The molecule has 0 N–H and O–H groups in total. The number of ether oxygens (including phenoxy) is 1. The lowest BCUT2D eigenvalue weighted by atomic mass is 10.0. The molecule has 11 heavy (non-hydrogen) atoms. The van der Waals surface area contributed by atoms with E-state index in [2.05, 4.69) is 6.58 Å². The van der Waals surface area contributed by atoms with Crippen LogP contribution in [0.3, 0.4) is 0 Å². The van der Waals surface area contributed by atoms with Crippen molar-refractivity contribution in [2.75, 3.05) is 12.5 Å². The predicted octanol–water partition coefficient (Wildman–Crippen LogP) is 2.60. The summed E-state index contributed by atoms with van der Waals surface area (Å²) in [4.78, 5) is 0. The van der Waals surface area contributed by atoms with Crippen LogP contribution < -0.4 is 0 Å². The quantitative estimate of drug-likeness (QED) is 0.343. The Bertz CT molecular complexity index is 121. The number of alkyl halides is 1. The third-order valence-electron chi connectivity index (χ3n) is 2.02. The van der Waals surface area contributed by atoms with E-state index in [1.54, 1.807) is 0 Å². The molecule has 0 spiro atoms. The monoisotopic (exact) mass is 174 g/mol. The molecule has 0 aliphatic carbocycles. The van der Waals surface area contributed by atoms with Crippen molar-refractivity contribution in [1.82, 2.24) is 0 Å². The third-order valence-corrected chi connectivity index (χ3v) is 2.45. The minimum absolute atomic E-state index is 0.547. The lowest BCUT2D eigenvalue weighted by Gasteiger charge is -2.08. The van der Waals surface area contributed by atoms with Gasteiger partial charge in [-0.3, -0.25) is 0 Å². The molecular weight excluding hydrogens is 160 g/mol. The van der Waals surface area contributed by atoms with Gasteiger partial charge >= 0.3 is 0 Å². The first-order valence-electron chi connectivity index (χ1n) is 4.15. The molecule has 0 bridgehead atoms. The van der Waals surface area contributed by atoms with E-state index in [4.69, 9.17) is 16.3 Å². The Balaban J connectivity index is 2.03. The van der Waals surface area contributed by atoms with Crippen LogP contribution in [0.5, 0.6) is 0 Å². The first kappa shape index (κ1) is 9.08. The van der Waals surface area contributed by atoms with Gasteiger partial charge in [-0.05, 0) is 25.2 Å². The van der Waals surface area contributed by atoms with Crippen LogP contribution >= 0.6 is 11.6 Å². The van der Waals surface area contributed by atoms with Crippen LogP contribution in [-0.4, -0.2) is 18.6 Å². The fraction of sp³-hybridized carbons (Fsp3) is 0.778. The van der Waals surface area contributed by atoms with Crippen molar-refractivity contribution in [2.24, 2.45) is 5.92 Å². The van der Waals surface area contributed by atoms with Gasteiger partial charge in [-0.2, -0.15) is 0 Å². The minimum Gasteiger partial charge on any atom is -0.373 e. The topological polar surface area (TPSA) is 12.5 Å². The van der Waals surface area contributed by atoms with Crippen LogP contribution in [-0.2, 0) is 4.74 Å². The number of allylic oxidation sites excluding steroid dienone is 1. The average molecular weight is 175 g/mol. The van der Waals surface area contributed by atoms with Gasteiger partial charge < -0.3 is 4.74 Å². The highest BCUT2D eigenvalue weighted by molar-refractivity contribution is 6.18. The van der Waals surface area contributed by atoms with E-state index in [1.165, 1.54) is 12.8 Å². The number of hydrogen-bond acceptors (Lipinski definition) is 1. The Labute approximate surface area is 73.4 Å². The fourth-order valence-corrected chi connectivity index (χ4v) is 1.43. The summed E-state index contributed by atoms with van der Waals surface area (Å²) in [6.07, 6.45) is 5.88. The van der Waals surface area contributed by atoms with Crippen LogP contribution in [0.1, 0.15) is 19.3 Å². The van der Waals surface area contributed by atoms with Gasteiger partial charge in [0.25, 0.3) is 0 Å². The fourth-order valence-electron chi connectivity index (χ4n) is 1.15. The second-order valence-corrected chi connectivity index (χ2v) is 3.39. The Hall–Kier alpha value is -0.0100. The lowest BCUT2D eigenvalue weighted by Crippen LogP contribution is -2.02. The second-order valence-electron chi connectivity index (χ2n) is 3.08. The highest BCUT2D eigenvalue weighted by Crippen LogP contribution is 2.21. The summed E-state index contributed by atoms with van der Waals surface area (Å²) in [5, 5.41) is 0. The molecule has 2 heteroatoms. The SMILES string of the molecule is C=CCC(CCl)CCC1CO1. The number of rotatable bonds is 6. The van der Waals surface area contributed by atoms with E-state index in [-0.39, 0.29) is 0 Å². The Morgan fingerprint density at radius 1 is 1.73 bits per heavy atom. The van der Waals surface area contributed by atoms with Crippen LogP contribution in [0, 0.1) is 5.92 Å². The van der Waals surface area contributed by atoms with E-state index >= 15 is 0 Å². The van der Waals surface area contributed by atoms with E-state index in [0.29, 0.717) is 12.0 Å². The van der Waals surface area contributed by atoms with Crippen molar-refractivity contribution in [3.8, 4) is 0 Å². The van der Waals surface area contributed by atoms with Crippen molar-refractivity contribution >= 4 is 11.6 Å². The zero-order chi connectivity index (χ0) is 8.10. The number of hydrogen-bond donors (Lipinski definition) is 0. The summed E-state index contributed by atoms with van der Waals surface area (Å²) < 4.78 is 5.11. The van der Waals surface area contributed by atoms with Gasteiger partial charge in [-0.15, -0.1) is 18.2 Å². The van der Waals surface area contributed by atoms with Crippen LogP contribution in [0.4, 0.5) is 0 Å².